The van der Waals surface area contributed by atoms with Crippen LogP contribution in [0.4, 0.5) is 5.69 Å². The van der Waals surface area contributed by atoms with Gasteiger partial charge in [0.1, 0.15) is 0 Å². The highest BCUT2D eigenvalue weighted by Crippen LogP contribution is 2.32. The van der Waals surface area contributed by atoms with E-state index < -0.39 is 5.97 Å². The van der Waals surface area contributed by atoms with Crippen LogP contribution in [0, 0.1) is 0 Å². The summed E-state index contributed by atoms with van der Waals surface area (Å²) in [5.74, 6) is -1.22. The van der Waals surface area contributed by atoms with Crippen LogP contribution in [-0.4, -0.2) is 17.0 Å². The molecule has 1 heterocycles. The second-order valence-electron chi connectivity index (χ2n) is 4.52. The smallest absolute Gasteiger partial charge is 0.335 e. The van der Waals surface area contributed by atoms with Crippen LogP contribution in [0.15, 0.2) is 42.5 Å². The fraction of sp³-hybridized carbons (Fsp3) is 0.0667. The Bertz CT molecular complexity index is 727. The Balaban J connectivity index is 2.02. The molecule has 1 aliphatic rings. The highest BCUT2D eigenvalue weighted by Gasteiger charge is 2.30. The molecule has 1 aliphatic heterocycles. The maximum atomic E-state index is 12.4. The summed E-state index contributed by atoms with van der Waals surface area (Å²) in [5, 5.41) is 9.43. The van der Waals surface area contributed by atoms with Gasteiger partial charge in [0.15, 0.2) is 0 Å². The van der Waals surface area contributed by atoms with Gasteiger partial charge in [0, 0.05) is 5.69 Å². The van der Waals surface area contributed by atoms with Crippen LogP contribution in [-0.2, 0) is 6.54 Å². The Labute approximate surface area is 120 Å². The van der Waals surface area contributed by atoms with Gasteiger partial charge in [-0.05, 0) is 29.8 Å². The predicted molar refractivity (Wildman–Crippen MR) is 75.4 cm³/mol. The SMILES string of the molecule is O=C(O)c1cccc(N2Cc3cccc(Cl)c3C2=O)c1. The van der Waals surface area contributed by atoms with Crippen molar-refractivity contribution in [2.45, 2.75) is 6.54 Å². The molecule has 0 saturated carbocycles. The molecule has 5 heteroatoms. The number of rotatable bonds is 2. The number of amides is 1. The number of hydrogen-bond donors (Lipinski definition) is 1. The molecule has 0 aliphatic carbocycles. The van der Waals surface area contributed by atoms with Crippen molar-refractivity contribution in [2.24, 2.45) is 0 Å². The van der Waals surface area contributed by atoms with Gasteiger partial charge in [0.25, 0.3) is 5.91 Å². The summed E-state index contributed by atoms with van der Waals surface area (Å²) in [7, 11) is 0. The first-order valence-electron chi connectivity index (χ1n) is 6.00. The molecule has 0 fully saturated rings. The Morgan fingerprint density at radius 1 is 1.20 bits per heavy atom. The van der Waals surface area contributed by atoms with Gasteiger partial charge in [-0.1, -0.05) is 29.8 Å². The molecule has 0 atom stereocenters. The Kier molecular flexibility index (Phi) is 2.95. The lowest BCUT2D eigenvalue weighted by Gasteiger charge is -2.16. The summed E-state index contributed by atoms with van der Waals surface area (Å²) >= 11 is 6.06. The molecule has 2 aromatic carbocycles. The van der Waals surface area contributed by atoms with Crippen molar-refractivity contribution in [3.8, 4) is 0 Å². The molecule has 20 heavy (non-hydrogen) atoms. The van der Waals surface area contributed by atoms with E-state index in [0.29, 0.717) is 22.8 Å². The lowest BCUT2D eigenvalue weighted by atomic mass is 10.1. The van der Waals surface area contributed by atoms with E-state index in [1.165, 1.54) is 17.0 Å². The third-order valence-electron chi connectivity index (χ3n) is 3.29. The number of benzene rings is 2. The van der Waals surface area contributed by atoms with E-state index in [-0.39, 0.29) is 11.5 Å². The van der Waals surface area contributed by atoms with Crippen molar-refractivity contribution in [3.05, 3.63) is 64.2 Å². The molecule has 1 N–H and O–H groups in total. The maximum Gasteiger partial charge on any atom is 0.335 e. The van der Waals surface area contributed by atoms with Gasteiger partial charge in [0.2, 0.25) is 0 Å². The first-order valence-corrected chi connectivity index (χ1v) is 6.38. The van der Waals surface area contributed by atoms with Gasteiger partial charge in [-0.2, -0.15) is 0 Å². The number of nitrogens with zero attached hydrogens (tertiary/aromatic N) is 1. The van der Waals surface area contributed by atoms with E-state index >= 15 is 0 Å². The number of hydrogen-bond acceptors (Lipinski definition) is 2. The van der Waals surface area contributed by atoms with E-state index in [1.807, 2.05) is 6.07 Å². The normalized spacial score (nSPS) is 13.4. The summed E-state index contributed by atoms with van der Waals surface area (Å²) in [6.45, 7) is 0.401. The van der Waals surface area contributed by atoms with Crippen LogP contribution in [0.1, 0.15) is 26.3 Å². The van der Waals surface area contributed by atoms with Gasteiger partial charge in [-0.15, -0.1) is 0 Å². The van der Waals surface area contributed by atoms with E-state index in [0.717, 1.165) is 5.56 Å². The average Bonchev–Trinajstić information content (AvgIpc) is 2.77. The average molecular weight is 288 g/mol. The number of carbonyl (C=O) groups excluding carboxylic acids is 1. The standard InChI is InChI=1S/C15H10ClNO3/c16-12-6-2-4-10-8-17(14(18)13(10)12)11-5-1-3-9(7-11)15(19)20/h1-7H,8H2,(H,19,20). The number of carbonyl (C=O) groups is 2. The Hall–Kier alpha value is -2.33. The minimum Gasteiger partial charge on any atom is -0.478 e. The third kappa shape index (κ3) is 1.94. The van der Waals surface area contributed by atoms with E-state index in [2.05, 4.69) is 0 Å². The molecule has 1 amide bonds. The molecule has 2 aromatic rings. The van der Waals surface area contributed by atoms with Crippen molar-refractivity contribution in [2.75, 3.05) is 4.90 Å². The highest BCUT2D eigenvalue weighted by atomic mass is 35.5. The number of carboxylic acids is 1. The summed E-state index contributed by atoms with van der Waals surface area (Å²) in [6, 6.07) is 11.6. The number of carboxylic acid groups (broad SMARTS) is 1. The van der Waals surface area contributed by atoms with Crippen LogP contribution >= 0.6 is 11.6 Å². The second kappa shape index (κ2) is 4.65. The topological polar surface area (TPSA) is 57.6 Å². The number of fused-ring (bicyclic) bond motifs is 1. The summed E-state index contributed by atoms with van der Waals surface area (Å²) in [5.41, 5.74) is 2.05. The zero-order valence-electron chi connectivity index (χ0n) is 10.3. The molecule has 0 saturated heterocycles. The van der Waals surface area contributed by atoms with Crippen molar-refractivity contribution >= 4 is 29.2 Å². The van der Waals surface area contributed by atoms with E-state index in [4.69, 9.17) is 16.7 Å². The monoisotopic (exact) mass is 287 g/mol. The quantitative estimate of drug-likeness (QED) is 0.923. The second-order valence-corrected chi connectivity index (χ2v) is 4.93. The number of anilines is 1. The van der Waals surface area contributed by atoms with Crippen LogP contribution in [0.2, 0.25) is 5.02 Å². The molecule has 0 bridgehead atoms. The van der Waals surface area contributed by atoms with Crippen LogP contribution < -0.4 is 4.90 Å². The lowest BCUT2D eigenvalue weighted by molar-refractivity contribution is 0.0696. The largest absolute Gasteiger partial charge is 0.478 e. The molecule has 0 spiro atoms. The van der Waals surface area contributed by atoms with Crippen LogP contribution in [0.25, 0.3) is 0 Å². The fourth-order valence-corrected chi connectivity index (χ4v) is 2.61. The summed E-state index contributed by atoms with van der Waals surface area (Å²) < 4.78 is 0. The van der Waals surface area contributed by atoms with Gasteiger partial charge < -0.3 is 10.0 Å². The fourth-order valence-electron chi connectivity index (χ4n) is 2.33. The molecule has 4 nitrogen and oxygen atoms in total. The van der Waals surface area contributed by atoms with Crippen LogP contribution in [0.5, 0.6) is 0 Å². The minimum absolute atomic E-state index is 0.150. The van der Waals surface area contributed by atoms with E-state index in [9.17, 15) is 9.59 Å². The van der Waals surface area contributed by atoms with Crippen molar-refractivity contribution in [3.63, 3.8) is 0 Å². The van der Waals surface area contributed by atoms with Gasteiger partial charge in [-0.25, -0.2) is 4.79 Å². The third-order valence-corrected chi connectivity index (χ3v) is 3.61. The molecule has 100 valence electrons. The van der Waals surface area contributed by atoms with Crippen molar-refractivity contribution < 1.29 is 14.7 Å². The van der Waals surface area contributed by atoms with Gasteiger partial charge in [0.05, 0.1) is 22.7 Å². The summed E-state index contributed by atoms with van der Waals surface area (Å²) in [4.78, 5) is 24.9. The van der Waals surface area contributed by atoms with Crippen molar-refractivity contribution in [1.29, 1.82) is 0 Å². The first kappa shape index (κ1) is 12.7. The van der Waals surface area contributed by atoms with Gasteiger partial charge in [-0.3, -0.25) is 4.79 Å². The Morgan fingerprint density at radius 2 is 1.95 bits per heavy atom. The highest BCUT2D eigenvalue weighted by molar-refractivity contribution is 6.35. The van der Waals surface area contributed by atoms with E-state index in [1.54, 1.807) is 24.3 Å². The predicted octanol–water partition coefficient (Wildman–Crippen LogP) is 3.20. The molecular formula is C15H10ClNO3. The number of halogens is 1. The first-order chi connectivity index (χ1) is 9.58. The zero-order valence-corrected chi connectivity index (χ0v) is 11.1. The minimum atomic E-state index is -1.02. The molecular weight excluding hydrogens is 278 g/mol. The van der Waals surface area contributed by atoms with Gasteiger partial charge >= 0.3 is 5.97 Å². The zero-order chi connectivity index (χ0) is 14.3. The maximum absolute atomic E-state index is 12.4. The van der Waals surface area contributed by atoms with Crippen molar-refractivity contribution in [1.82, 2.24) is 0 Å². The molecule has 0 radical (unpaired) electrons. The van der Waals surface area contributed by atoms with Crippen LogP contribution in [0.3, 0.4) is 0 Å². The molecule has 3 rings (SSSR count). The lowest BCUT2D eigenvalue weighted by Crippen LogP contribution is -2.23. The molecule has 0 unspecified atom stereocenters. The number of aromatic carboxylic acids is 1. The molecule has 0 aromatic heterocycles. The summed E-state index contributed by atoms with van der Waals surface area (Å²) in [6.07, 6.45) is 0. The Morgan fingerprint density at radius 3 is 2.65 bits per heavy atom.